The van der Waals surface area contributed by atoms with Crippen LogP contribution in [0.3, 0.4) is 0 Å². The van der Waals surface area contributed by atoms with Gasteiger partial charge in [0.1, 0.15) is 31.2 Å². The Morgan fingerprint density at radius 2 is 1.57 bits per heavy atom. The van der Waals surface area contributed by atoms with Crippen LogP contribution >= 0.6 is 0 Å². The predicted octanol–water partition coefficient (Wildman–Crippen LogP) is 4.13. The first-order chi connectivity index (χ1) is 11.2. The van der Waals surface area contributed by atoms with E-state index in [-0.39, 0.29) is 0 Å². The van der Waals surface area contributed by atoms with Gasteiger partial charge in [0.25, 0.3) is 0 Å². The van der Waals surface area contributed by atoms with E-state index >= 15 is 0 Å². The van der Waals surface area contributed by atoms with Crippen molar-refractivity contribution in [3.05, 3.63) is 60.2 Å². The molecule has 0 spiro atoms. The van der Waals surface area contributed by atoms with Gasteiger partial charge >= 0.3 is 0 Å². The first kappa shape index (κ1) is 17.4. The Morgan fingerprint density at radius 1 is 0.870 bits per heavy atom. The molecule has 0 N–H and O–H groups in total. The summed E-state index contributed by atoms with van der Waals surface area (Å²) in [5.74, 6) is 1.70. The highest BCUT2D eigenvalue weighted by molar-refractivity contribution is 5.32. The largest absolute Gasteiger partial charge is 0.497 e. The van der Waals surface area contributed by atoms with Crippen LogP contribution in [-0.2, 0) is 6.54 Å². The molecule has 0 saturated heterocycles. The lowest BCUT2D eigenvalue weighted by Gasteiger charge is -2.37. The first-order valence-corrected chi connectivity index (χ1v) is 8.37. The molecule has 23 heavy (non-hydrogen) atoms. The summed E-state index contributed by atoms with van der Waals surface area (Å²) >= 11 is 0. The van der Waals surface area contributed by atoms with Gasteiger partial charge in [-0.15, -0.1) is 0 Å². The summed E-state index contributed by atoms with van der Waals surface area (Å²) in [6.45, 7) is 9.49. The SMILES string of the molecule is CC[N+](CC)(CCOc1cccc(OC)c1)Cc1ccccc1. The lowest BCUT2D eigenvalue weighted by molar-refractivity contribution is -0.937. The van der Waals surface area contributed by atoms with Crippen molar-refractivity contribution in [3.63, 3.8) is 0 Å². The standard InChI is InChI=1S/C20H28NO2/c1-4-21(5-2,17-18-10-7-6-8-11-18)14-15-23-20-13-9-12-19(16-20)22-3/h6-13,16H,4-5,14-15,17H2,1-3H3/q+1. The highest BCUT2D eigenvalue weighted by Crippen LogP contribution is 2.20. The van der Waals surface area contributed by atoms with Crippen LogP contribution in [0.2, 0.25) is 0 Å². The molecule has 2 aromatic carbocycles. The van der Waals surface area contributed by atoms with Crippen LogP contribution in [0.25, 0.3) is 0 Å². The van der Waals surface area contributed by atoms with Gasteiger partial charge in [0.2, 0.25) is 0 Å². The van der Waals surface area contributed by atoms with E-state index in [1.165, 1.54) is 5.56 Å². The third-order valence-electron chi connectivity index (χ3n) is 4.58. The summed E-state index contributed by atoms with van der Waals surface area (Å²) in [5, 5.41) is 0. The fraction of sp³-hybridized carbons (Fsp3) is 0.400. The molecule has 2 aromatic rings. The number of benzene rings is 2. The quantitative estimate of drug-likeness (QED) is 0.648. The Bertz CT molecular complexity index is 579. The van der Waals surface area contributed by atoms with Crippen molar-refractivity contribution in [2.24, 2.45) is 0 Å². The molecule has 0 unspecified atom stereocenters. The van der Waals surface area contributed by atoms with Crippen LogP contribution in [0.15, 0.2) is 54.6 Å². The van der Waals surface area contributed by atoms with Crippen molar-refractivity contribution >= 4 is 0 Å². The lowest BCUT2D eigenvalue weighted by Crippen LogP contribution is -2.49. The van der Waals surface area contributed by atoms with E-state index in [0.717, 1.165) is 42.2 Å². The maximum absolute atomic E-state index is 5.95. The van der Waals surface area contributed by atoms with Gasteiger partial charge in [-0.1, -0.05) is 36.4 Å². The van der Waals surface area contributed by atoms with Gasteiger partial charge in [-0.3, -0.25) is 0 Å². The molecule has 0 aliphatic rings. The second kappa shape index (κ2) is 8.59. The van der Waals surface area contributed by atoms with Crippen molar-refractivity contribution in [2.75, 3.05) is 33.4 Å². The van der Waals surface area contributed by atoms with Crippen molar-refractivity contribution in [1.82, 2.24) is 0 Å². The van der Waals surface area contributed by atoms with Gasteiger partial charge in [-0.2, -0.15) is 0 Å². The molecule has 3 heteroatoms. The first-order valence-electron chi connectivity index (χ1n) is 8.37. The zero-order chi connectivity index (χ0) is 16.5. The van der Waals surface area contributed by atoms with Crippen LogP contribution in [0.1, 0.15) is 19.4 Å². The molecule has 0 bridgehead atoms. The monoisotopic (exact) mass is 314 g/mol. The number of methoxy groups -OCH3 is 1. The average molecular weight is 314 g/mol. The van der Waals surface area contributed by atoms with Crippen LogP contribution in [0.5, 0.6) is 11.5 Å². The van der Waals surface area contributed by atoms with Crippen LogP contribution in [0, 0.1) is 0 Å². The molecule has 0 radical (unpaired) electrons. The molecule has 0 aliphatic heterocycles. The summed E-state index contributed by atoms with van der Waals surface area (Å²) in [6, 6.07) is 18.5. The van der Waals surface area contributed by atoms with Gasteiger partial charge < -0.3 is 14.0 Å². The molecule has 124 valence electrons. The summed E-state index contributed by atoms with van der Waals surface area (Å²) in [7, 11) is 1.68. The third-order valence-corrected chi connectivity index (χ3v) is 4.58. The second-order valence-electron chi connectivity index (χ2n) is 5.87. The highest BCUT2D eigenvalue weighted by atomic mass is 16.5. The van der Waals surface area contributed by atoms with E-state index in [9.17, 15) is 0 Å². The number of nitrogens with zero attached hydrogens (tertiary/aromatic N) is 1. The molecule has 0 aromatic heterocycles. The fourth-order valence-electron chi connectivity index (χ4n) is 2.86. The summed E-state index contributed by atoms with van der Waals surface area (Å²) in [5.41, 5.74) is 1.39. The Balaban J connectivity index is 1.96. The topological polar surface area (TPSA) is 18.5 Å². The van der Waals surface area contributed by atoms with E-state index in [1.54, 1.807) is 7.11 Å². The van der Waals surface area contributed by atoms with E-state index in [4.69, 9.17) is 9.47 Å². The predicted molar refractivity (Wildman–Crippen MR) is 94.8 cm³/mol. The minimum absolute atomic E-state index is 0.710. The van der Waals surface area contributed by atoms with Crippen LogP contribution < -0.4 is 9.47 Å². The van der Waals surface area contributed by atoms with Crippen LogP contribution in [0.4, 0.5) is 0 Å². The third kappa shape index (κ3) is 5.00. The molecule has 0 atom stereocenters. The summed E-state index contributed by atoms with van der Waals surface area (Å²) in [4.78, 5) is 0. The molecule has 0 fully saturated rings. The van der Waals surface area contributed by atoms with Gasteiger partial charge in [0.15, 0.2) is 0 Å². The Kier molecular flexibility index (Phi) is 6.48. The van der Waals surface area contributed by atoms with E-state index < -0.39 is 0 Å². The van der Waals surface area contributed by atoms with E-state index in [1.807, 2.05) is 24.3 Å². The fourth-order valence-corrected chi connectivity index (χ4v) is 2.86. The van der Waals surface area contributed by atoms with E-state index in [0.29, 0.717) is 6.61 Å². The molecule has 0 aliphatic carbocycles. The minimum atomic E-state index is 0.710. The average Bonchev–Trinajstić information content (AvgIpc) is 2.62. The van der Waals surface area contributed by atoms with Crippen molar-refractivity contribution in [1.29, 1.82) is 0 Å². The number of hydrogen-bond donors (Lipinski definition) is 0. The number of likely N-dealkylation sites (N-methyl/N-ethyl adjacent to an activating group) is 1. The smallest absolute Gasteiger partial charge is 0.137 e. The van der Waals surface area contributed by atoms with Crippen molar-refractivity contribution < 1.29 is 14.0 Å². The number of ether oxygens (including phenoxy) is 2. The van der Waals surface area contributed by atoms with Gasteiger partial charge in [0, 0.05) is 11.6 Å². The number of rotatable bonds is 9. The highest BCUT2D eigenvalue weighted by Gasteiger charge is 2.23. The molecule has 0 heterocycles. The zero-order valence-corrected chi connectivity index (χ0v) is 14.5. The number of hydrogen-bond acceptors (Lipinski definition) is 2. The minimum Gasteiger partial charge on any atom is -0.497 e. The number of quaternary nitrogens is 1. The Labute approximate surface area is 140 Å². The Hall–Kier alpha value is -2.00. The van der Waals surface area contributed by atoms with Gasteiger partial charge in [-0.05, 0) is 26.0 Å². The summed E-state index contributed by atoms with van der Waals surface area (Å²) < 4.78 is 12.2. The molecular weight excluding hydrogens is 286 g/mol. The van der Waals surface area contributed by atoms with Crippen molar-refractivity contribution in [3.8, 4) is 11.5 Å². The molecule has 0 saturated carbocycles. The normalized spacial score (nSPS) is 11.3. The molecule has 2 rings (SSSR count). The molecule has 3 nitrogen and oxygen atoms in total. The molecule has 0 amide bonds. The van der Waals surface area contributed by atoms with Crippen LogP contribution in [-0.4, -0.2) is 37.8 Å². The van der Waals surface area contributed by atoms with E-state index in [2.05, 4.69) is 44.2 Å². The second-order valence-corrected chi connectivity index (χ2v) is 5.87. The van der Waals surface area contributed by atoms with Gasteiger partial charge in [-0.25, -0.2) is 0 Å². The maximum atomic E-state index is 5.95. The lowest BCUT2D eigenvalue weighted by atomic mass is 10.2. The van der Waals surface area contributed by atoms with Crippen molar-refractivity contribution in [2.45, 2.75) is 20.4 Å². The summed E-state index contributed by atoms with van der Waals surface area (Å²) in [6.07, 6.45) is 0. The maximum Gasteiger partial charge on any atom is 0.137 e. The zero-order valence-electron chi connectivity index (χ0n) is 14.5. The molecular formula is C20H28NO2+. The Morgan fingerprint density at radius 3 is 2.22 bits per heavy atom. The van der Waals surface area contributed by atoms with Gasteiger partial charge in [0.05, 0.1) is 20.2 Å².